The van der Waals surface area contributed by atoms with Crippen LogP contribution in [0.5, 0.6) is 0 Å². The Morgan fingerprint density at radius 1 is 0.529 bits per heavy atom. The molecule has 0 aliphatic carbocycles. The lowest BCUT2D eigenvalue weighted by atomic mass is 9.95. The van der Waals surface area contributed by atoms with Crippen LogP contribution in [0.4, 0.5) is 11.4 Å². The maximum Gasteiger partial charge on any atom is 0.159 e. The van der Waals surface area contributed by atoms with E-state index in [0.717, 1.165) is 55.8 Å². The molecule has 0 radical (unpaired) electrons. The number of benzene rings is 6. The molecule has 1 heterocycles. The first-order chi connectivity index (χ1) is 24.7. The first-order valence-corrected chi connectivity index (χ1v) is 16.6. The molecule has 0 aliphatic rings. The van der Waals surface area contributed by atoms with Crippen LogP contribution >= 0.6 is 0 Å². The molecule has 0 bridgehead atoms. The van der Waals surface area contributed by atoms with Crippen LogP contribution in [0.2, 0.25) is 0 Å². The van der Waals surface area contributed by atoms with Crippen LogP contribution in [0.25, 0.3) is 50.2 Å². The minimum atomic E-state index is -0.0251. The summed E-state index contributed by atoms with van der Waals surface area (Å²) in [6.07, 6.45) is 0. The summed E-state index contributed by atoms with van der Waals surface area (Å²) in [7, 11) is 0. The predicted octanol–water partition coefficient (Wildman–Crippen LogP) is 10.5. The molecule has 0 aliphatic heterocycles. The third kappa shape index (κ3) is 6.89. The first kappa shape index (κ1) is 32.7. The summed E-state index contributed by atoms with van der Waals surface area (Å²) in [6, 6.07) is 46.6. The van der Waals surface area contributed by atoms with Crippen LogP contribution < -0.4 is 5.73 Å². The third-order valence-corrected chi connectivity index (χ3v) is 8.85. The lowest BCUT2D eigenvalue weighted by Crippen LogP contribution is -2.05. The Bertz CT molecular complexity index is 2470. The number of fused-ring (bicyclic) bond motifs is 1. The second-order valence-electron chi connectivity index (χ2n) is 12.3. The summed E-state index contributed by atoms with van der Waals surface area (Å²) in [5, 5.41) is 0. The Balaban J connectivity index is 1.33. The maximum absolute atomic E-state index is 12.0. The van der Waals surface area contributed by atoms with Gasteiger partial charge in [-0.25, -0.2) is 15.0 Å². The summed E-state index contributed by atoms with van der Waals surface area (Å²) in [4.78, 5) is 39.3. The Morgan fingerprint density at radius 2 is 1.00 bits per heavy atom. The fourth-order valence-electron chi connectivity index (χ4n) is 5.98. The van der Waals surface area contributed by atoms with E-state index in [0.29, 0.717) is 33.8 Å². The standard InChI is InChI=1S/C45H34N4O2/c1-28(31-14-16-32(17-15-31)29(2)50)43(36-20-18-33(19-21-36)30(3)51)48-41-26-37(22-24-39(41)46)38-23-25-40-42(27-38)49-45(35-12-8-5-9-13-35)44(47-40)34-10-6-4-7-11-34/h4-27H,1,46H2,2-3H3. The molecule has 6 aromatic carbocycles. The lowest BCUT2D eigenvalue weighted by Gasteiger charge is -2.14. The highest BCUT2D eigenvalue weighted by molar-refractivity contribution is 6.32. The normalized spacial score (nSPS) is 11.4. The number of carbonyl (C=O) groups excluding carboxylic acids is 2. The summed E-state index contributed by atoms with van der Waals surface area (Å²) in [5.74, 6) is -0.0408. The molecule has 0 unspecified atom stereocenters. The van der Waals surface area contributed by atoms with Gasteiger partial charge in [0.1, 0.15) is 0 Å². The molecule has 7 rings (SSSR count). The number of aromatic nitrogens is 2. The molecule has 0 saturated heterocycles. The van der Waals surface area contributed by atoms with Crippen LogP contribution in [0.1, 0.15) is 45.7 Å². The van der Waals surface area contributed by atoms with Gasteiger partial charge in [0.05, 0.1) is 39.5 Å². The molecule has 6 heteroatoms. The zero-order chi connectivity index (χ0) is 35.5. The molecule has 0 amide bonds. The Labute approximate surface area is 296 Å². The van der Waals surface area contributed by atoms with Crippen molar-refractivity contribution in [3.63, 3.8) is 0 Å². The second-order valence-corrected chi connectivity index (χ2v) is 12.3. The lowest BCUT2D eigenvalue weighted by molar-refractivity contribution is 0.100. The topological polar surface area (TPSA) is 98.3 Å². The van der Waals surface area contributed by atoms with Crippen molar-refractivity contribution in [1.29, 1.82) is 0 Å². The molecular weight excluding hydrogens is 629 g/mol. The monoisotopic (exact) mass is 662 g/mol. The quantitative estimate of drug-likeness (QED) is 0.0942. The van der Waals surface area contributed by atoms with Crippen molar-refractivity contribution in [2.45, 2.75) is 13.8 Å². The summed E-state index contributed by atoms with van der Waals surface area (Å²) >= 11 is 0. The van der Waals surface area contributed by atoms with Crippen LogP contribution in [-0.4, -0.2) is 27.2 Å². The van der Waals surface area contributed by atoms with E-state index in [1.165, 1.54) is 13.8 Å². The number of nitrogens with two attached hydrogens (primary N) is 1. The number of hydrogen-bond donors (Lipinski definition) is 1. The minimum absolute atomic E-state index is 0.0157. The van der Waals surface area contributed by atoms with Crippen molar-refractivity contribution in [2.24, 2.45) is 4.99 Å². The molecule has 0 fully saturated rings. The molecule has 0 atom stereocenters. The largest absolute Gasteiger partial charge is 0.397 e. The van der Waals surface area contributed by atoms with Crippen LogP contribution in [0.15, 0.2) is 157 Å². The van der Waals surface area contributed by atoms with Gasteiger partial charge in [-0.3, -0.25) is 9.59 Å². The zero-order valence-corrected chi connectivity index (χ0v) is 28.3. The van der Waals surface area contributed by atoms with Gasteiger partial charge in [-0.1, -0.05) is 128 Å². The Hall–Kier alpha value is -6.79. The van der Waals surface area contributed by atoms with E-state index in [4.69, 9.17) is 20.7 Å². The van der Waals surface area contributed by atoms with Gasteiger partial charge in [0.15, 0.2) is 11.6 Å². The SMILES string of the molecule is C=C(C(=Nc1cc(-c2ccc3nc(-c4ccccc4)c(-c4ccccc4)nc3c2)ccc1N)c1ccc(C(C)=O)cc1)c1ccc(C(C)=O)cc1. The zero-order valence-electron chi connectivity index (χ0n) is 28.3. The number of allylic oxidation sites excluding steroid dienone is 1. The van der Waals surface area contributed by atoms with Gasteiger partial charge in [0.2, 0.25) is 0 Å². The van der Waals surface area contributed by atoms with E-state index in [-0.39, 0.29) is 11.6 Å². The first-order valence-electron chi connectivity index (χ1n) is 16.6. The average molecular weight is 663 g/mol. The Morgan fingerprint density at radius 3 is 1.55 bits per heavy atom. The molecule has 7 aromatic rings. The van der Waals surface area contributed by atoms with Crippen molar-refractivity contribution in [2.75, 3.05) is 5.73 Å². The van der Waals surface area contributed by atoms with Crippen molar-refractivity contribution in [3.05, 3.63) is 174 Å². The fourth-order valence-corrected chi connectivity index (χ4v) is 5.98. The van der Waals surface area contributed by atoms with Crippen molar-refractivity contribution >= 4 is 45.3 Å². The van der Waals surface area contributed by atoms with Gasteiger partial charge in [0, 0.05) is 33.4 Å². The summed E-state index contributed by atoms with van der Waals surface area (Å²) in [6.45, 7) is 7.47. The smallest absolute Gasteiger partial charge is 0.159 e. The molecule has 0 saturated carbocycles. The third-order valence-electron chi connectivity index (χ3n) is 8.85. The molecule has 246 valence electrons. The Kier molecular flexibility index (Phi) is 8.97. The van der Waals surface area contributed by atoms with Crippen molar-refractivity contribution in [1.82, 2.24) is 9.97 Å². The fraction of sp³-hybridized carbons (Fsp3) is 0.0444. The maximum atomic E-state index is 12.0. The van der Waals surface area contributed by atoms with Crippen molar-refractivity contribution < 1.29 is 9.59 Å². The van der Waals surface area contributed by atoms with Gasteiger partial charge in [-0.05, 0) is 54.8 Å². The van der Waals surface area contributed by atoms with Gasteiger partial charge < -0.3 is 5.73 Å². The van der Waals surface area contributed by atoms with Gasteiger partial charge in [-0.15, -0.1) is 0 Å². The van der Waals surface area contributed by atoms with Crippen LogP contribution in [0, 0.1) is 0 Å². The number of anilines is 1. The number of aliphatic imine (C=N–C) groups is 1. The highest BCUT2D eigenvalue weighted by Crippen LogP contribution is 2.35. The average Bonchev–Trinajstić information content (AvgIpc) is 3.17. The molecule has 6 nitrogen and oxygen atoms in total. The summed E-state index contributed by atoms with van der Waals surface area (Å²) < 4.78 is 0. The number of ketones is 2. The number of Topliss-reactive ketones (excluding diaryl/α,β-unsaturated/α-hetero) is 2. The van der Waals surface area contributed by atoms with Gasteiger partial charge in [-0.2, -0.15) is 0 Å². The molecular formula is C45H34N4O2. The molecule has 0 spiro atoms. The molecule has 1 aromatic heterocycles. The number of nitrogen functional groups attached to an aromatic ring is 1. The van der Waals surface area contributed by atoms with E-state index in [9.17, 15) is 9.59 Å². The highest BCUT2D eigenvalue weighted by Gasteiger charge is 2.16. The van der Waals surface area contributed by atoms with E-state index < -0.39 is 0 Å². The van der Waals surface area contributed by atoms with E-state index >= 15 is 0 Å². The van der Waals surface area contributed by atoms with Gasteiger partial charge >= 0.3 is 0 Å². The number of carbonyl (C=O) groups is 2. The number of nitrogens with zero attached hydrogens (tertiary/aromatic N) is 3. The van der Waals surface area contributed by atoms with E-state index in [2.05, 4.69) is 18.7 Å². The number of rotatable bonds is 9. The van der Waals surface area contributed by atoms with Crippen molar-refractivity contribution in [3.8, 4) is 33.6 Å². The van der Waals surface area contributed by atoms with E-state index in [1.807, 2.05) is 109 Å². The molecule has 2 N–H and O–H groups in total. The minimum Gasteiger partial charge on any atom is -0.397 e. The molecule has 51 heavy (non-hydrogen) atoms. The predicted molar refractivity (Wildman–Crippen MR) is 208 cm³/mol. The van der Waals surface area contributed by atoms with Crippen LogP contribution in [0.3, 0.4) is 0 Å². The highest BCUT2D eigenvalue weighted by atomic mass is 16.1. The van der Waals surface area contributed by atoms with Gasteiger partial charge in [0.25, 0.3) is 0 Å². The van der Waals surface area contributed by atoms with Crippen LogP contribution in [-0.2, 0) is 0 Å². The second kappa shape index (κ2) is 14.0. The van der Waals surface area contributed by atoms with E-state index in [1.54, 1.807) is 24.3 Å². The summed E-state index contributed by atoms with van der Waals surface area (Å²) in [5.41, 5.74) is 18.7. The number of hydrogen-bond acceptors (Lipinski definition) is 6.